The second-order valence-electron chi connectivity index (χ2n) is 25.0. The van der Waals surface area contributed by atoms with Crippen molar-refractivity contribution < 1.29 is 96.1 Å². The van der Waals surface area contributed by atoms with Crippen LogP contribution >= 0.6 is 0 Å². The van der Waals surface area contributed by atoms with Crippen LogP contribution in [0.4, 0.5) is 4.79 Å². The summed E-state index contributed by atoms with van der Waals surface area (Å²) in [5, 5.41) is 23.7. The molecule has 36 nitrogen and oxygen atoms in total. The highest BCUT2D eigenvalue weighted by atomic mass is 16.5. The molecule has 3 aromatic carbocycles. The molecule has 558 valence electrons. The predicted octanol–water partition coefficient (Wildman–Crippen LogP) is -5.08. The van der Waals surface area contributed by atoms with Crippen LogP contribution in [0.15, 0.2) is 78.9 Å². The minimum absolute atomic E-state index is 0.0488. The largest absolute Gasteiger partial charge is 0.479 e. The number of nitrogens with zero attached hydrogens (tertiary/aromatic N) is 9. The third-order valence-corrected chi connectivity index (χ3v) is 16.6. The zero-order chi connectivity index (χ0) is 76.4. The van der Waals surface area contributed by atoms with Gasteiger partial charge in [-0.05, 0) is 46.6 Å². The summed E-state index contributed by atoms with van der Waals surface area (Å²) in [4.78, 5) is 230. The Kier molecular flexibility index (Phi) is 31.4. The molecular formula is C67H90N16O20. The zero-order valence-electron chi connectivity index (χ0n) is 58.9. The minimum atomic E-state index is -1.75. The lowest BCUT2D eigenvalue weighted by molar-refractivity contribution is -0.153. The first kappa shape index (κ1) is 82.1. The number of hydrogen-bond acceptors (Lipinski definition) is 19. The molecule has 0 saturated heterocycles. The van der Waals surface area contributed by atoms with E-state index in [2.05, 4.69) is 31.9 Å². The van der Waals surface area contributed by atoms with Gasteiger partial charge in [0.2, 0.25) is 88.6 Å². The normalized spacial score (nSPS) is 12.7. The Bertz CT molecular complexity index is 3600. The molecule has 0 spiro atoms. The lowest BCUT2D eigenvalue weighted by Crippen LogP contribution is -2.53. The second kappa shape index (κ2) is 39.4. The van der Waals surface area contributed by atoms with Crippen molar-refractivity contribution in [3.05, 3.63) is 95.6 Å². The van der Waals surface area contributed by atoms with E-state index in [1.165, 1.54) is 63.4 Å². The van der Waals surface area contributed by atoms with Crippen molar-refractivity contribution in [2.45, 2.75) is 49.8 Å². The third kappa shape index (κ3) is 26.5. The van der Waals surface area contributed by atoms with E-state index >= 15 is 0 Å². The van der Waals surface area contributed by atoms with Crippen LogP contribution in [-0.2, 0) is 92.6 Å². The molecule has 1 saturated carbocycles. The Morgan fingerprint density at radius 2 is 0.796 bits per heavy atom. The highest BCUT2D eigenvalue weighted by molar-refractivity contribution is 5.97. The molecule has 9 N–H and O–H groups in total. The predicted molar refractivity (Wildman–Crippen MR) is 364 cm³/mol. The van der Waals surface area contributed by atoms with Crippen LogP contribution in [0.25, 0.3) is 11.1 Å². The number of nitrogens with one attached hydrogen (secondary N) is 6. The van der Waals surface area contributed by atoms with Crippen LogP contribution in [0.1, 0.15) is 41.9 Å². The summed E-state index contributed by atoms with van der Waals surface area (Å²) < 4.78 is 10.9. The van der Waals surface area contributed by atoms with Crippen molar-refractivity contribution in [3.8, 4) is 11.1 Å². The number of hydrogen-bond donors (Lipinski definition) is 8. The molecule has 0 bridgehead atoms. The van der Waals surface area contributed by atoms with Gasteiger partial charge in [-0.15, -0.1) is 0 Å². The lowest BCUT2D eigenvalue weighted by atomic mass is 9.98. The topological polar surface area (TPSA) is 456 Å². The van der Waals surface area contributed by atoms with Gasteiger partial charge in [0.15, 0.2) is 6.10 Å². The van der Waals surface area contributed by atoms with Gasteiger partial charge >= 0.3 is 12.1 Å². The summed E-state index contributed by atoms with van der Waals surface area (Å²) in [7, 11) is 11.5. The number of aliphatic carboxylic acids is 1. The van der Waals surface area contributed by atoms with Gasteiger partial charge in [-0.1, -0.05) is 78.9 Å². The molecule has 0 aromatic heterocycles. The molecule has 0 heterocycles. The first-order valence-corrected chi connectivity index (χ1v) is 32.5. The monoisotopic (exact) mass is 1440 g/mol. The van der Waals surface area contributed by atoms with Gasteiger partial charge in [-0.3, -0.25) is 71.9 Å². The van der Waals surface area contributed by atoms with E-state index in [0.29, 0.717) is 18.4 Å². The number of benzene rings is 3. The van der Waals surface area contributed by atoms with Gasteiger partial charge in [-0.25, -0.2) is 9.59 Å². The second-order valence-corrected chi connectivity index (χ2v) is 25.0. The molecular weight excluding hydrogens is 1350 g/mol. The van der Waals surface area contributed by atoms with Crippen molar-refractivity contribution in [2.75, 3.05) is 155 Å². The van der Waals surface area contributed by atoms with Gasteiger partial charge in [0.1, 0.15) is 25.4 Å². The van der Waals surface area contributed by atoms with Crippen LogP contribution in [0.2, 0.25) is 0 Å². The van der Waals surface area contributed by atoms with Crippen molar-refractivity contribution in [1.29, 1.82) is 0 Å². The molecule has 0 radical (unpaired) electrons. The summed E-state index contributed by atoms with van der Waals surface area (Å²) in [6.07, 6.45) is -1.72. The number of fused-ring (bicyclic) bond motifs is 3. The fourth-order valence-corrected chi connectivity index (χ4v) is 10.1. The molecule has 103 heavy (non-hydrogen) atoms. The number of amides is 16. The molecule has 0 unspecified atom stereocenters. The fraction of sp³-hybridized carbons (Fsp3) is 0.478. The van der Waals surface area contributed by atoms with E-state index in [4.69, 9.17) is 15.2 Å². The standard InChI is InChI=1S/C67H90N16O20/c1-75(30-50(68)84)55(89)32-77(3)57(91)34-79(5)59(93)36-81(7)61(95)38-83(9)62(96)37-82(8)60(94)35-80(6)58(92)33-78(4)56(90)31-76(2)54(88)26-49(74-67(101)102-39-47-45-21-15-13-19-43(45)44-20-14-16-22-46(44)47)65(98)70-27-51(85)69-29-53(87)73-48(25-41-17-11-10-12-18-41)64(97)71-28-52(86)72-40-103-63(66(99)100)42-23-24-42/h10-22,42,47-49,63H,23-40H2,1-9H3,(H2,68,84)(H,69,85)(H,70,98)(H,71,97)(H,72,86)(H,73,87)(H,74,101)(H,99,100)/t48-,49-,63-/m0/s1. The van der Waals surface area contributed by atoms with E-state index in [-0.39, 0.29) is 25.5 Å². The smallest absolute Gasteiger partial charge is 0.407 e. The Hall–Kier alpha value is -11.6. The highest BCUT2D eigenvalue weighted by Crippen LogP contribution is 2.44. The van der Waals surface area contributed by atoms with Crippen molar-refractivity contribution in [3.63, 3.8) is 0 Å². The van der Waals surface area contributed by atoms with Gasteiger partial charge in [0.05, 0.1) is 85.0 Å². The van der Waals surface area contributed by atoms with E-state index in [0.717, 1.165) is 66.4 Å². The van der Waals surface area contributed by atoms with Crippen LogP contribution < -0.4 is 37.6 Å². The number of alkyl carbamates (subject to hydrolysis) is 1. The van der Waals surface area contributed by atoms with Gasteiger partial charge < -0.3 is 96.3 Å². The molecule has 1 fully saturated rings. The number of carboxylic acids is 1. The summed E-state index contributed by atoms with van der Waals surface area (Å²) in [6.45, 7) is -7.32. The molecule has 0 aliphatic heterocycles. The van der Waals surface area contributed by atoms with Crippen LogP contribution in [-0.4, -0.2) is 323 Å². The average molecular weight is 1440 g/mol. The third-order valence-electron chi connectivity index (χ3n) is 16.6. The highest BCUT2D eigenvalue weighted by Gasteiger charge is 2.38. The molecule has 3 atom stereocenters. The van der Waals surface area contributed by atoms with Crippen LogP contribution in [0.3, 0.4) is 0 Å². The van der Waals surface area contributed by atoms with Crippen molar-refractivity contribution in [1.82, 2.24) is 76.0 Å². The zero-order valence-corrected chi connectivity index (χ0v) is 58.9. The number of ether oxygens (including phenoxy) is 2. The lowest BCUT2D eigenvalue weighted by Gasteiger charge is -2.27. The number of carbonyl (C=O) groups is 17. The maximum atomic E-state index is 13.9. The first-order valence-electron chi connectivity index (χ1n) is 32.5. The molecule has 16 amide bonds. The Morgan fingerprint density at radius 1 is 0.437 bits per heavy atom. The van der Waals surface area contributed by atoms with E-state index in [1.54, 1.807) is 30.3 Å². The molecule has 36 heteroatoms. The van der Waals surface area contributed by atoms with Crippen molar-refractivity contribution in [2.24, 2.45) is 11.7 Å². The van der Waals surface area contributed by atoms with E-state index < -0.39 is 210 Å². The molecule has 3 aromatic rings. The Morgan fingerprint density at radius 3 is 1.19 bits per heavy atom. The summed E-state index contributed by atoms with van der Waals surface area (Å²) in [5.41, 5.74) is 9.34. The summed E-state index contributed by atoms with van der Waals surface area (Å²) >= 11 is 0. The maximum absolute atomic E-state index is 13.9. The fourth-order valence-electron chi connectivity index (χ4n) is 10.1. The number of nitrogens with two attached hydrogens (primary N) is 1. The van der Waals surface area contributed by atoms with Gasteiger partial charge in [0.25, 0.3) is 0 Å². The molecule has 2 aliphatic rings. The Labute approximate surface area is 594 Å². The van der Waals surface area contributed by atoms with E-state index in [1.807, 2.05) is 48.5 Å². The van der Waals surface area contributed by atoms with E-state index in [9.17, 15) is 86.6 Å². The number of likely N-dealkylation sites (N-methyl/N-ethyl adjacent to an activating group) is 9. The first-order chi connectivity index (χ1) is 48.6. The van der Waals surface area contributed by atoms with Crippen molar-refractivity contribution >= 4 is 101 Å². The summed E-state index contributed by atoms with van der Waals surface area (Å²) in [5.74, 6) is -13.2. The average Bonchev–Trinajstić information content (AvgIpc) is 1.62. The number of primary amides is 1. The quantitative estimate of drug-likeness (QED) is 0.0248. The van der Waals surface area contributed by atoms with Crippen LogP contribution in [0.5, 0.6) is 0 Å². The Balaban J connectivity index is 1.11. The number of rotatable bonds is 39. The van der Waals surface area contributed by atoms with Gasteiger partial charge in [0, 0.05) is 75.8 Å². The SMILES string of the molecule is CN(CC(N)=O)C(=O)CN(C)C(=O)CN(C)C(=O)CN(C)C(=O)CN(C)C(=O)CN(C)C(=O)CN(C)C(=O)CN(C)C(=O)CN(C)C(=O)C[C@H](NC(=O)OCC1c2ccccc2-c2ccccc21)C(=O)NCC(=O)NCC(=O)N[C@@H](Cc1ccccc1)C(=O)NCC(=O)NCO[C@H](C(=O)O)C1CC1. The van der Waals surface area contributed by atoms with Crippen LogP contribution in [0, 0.1) is 5.92 Å². The number of carboxylic acid groups (broad SMARTS) is 1. The molecule has 5 rings (SSSR count). The summed E-state index contributed by atoms with van der Waals surface area (Å²) in [6, 6.07) is 20.5. The molecule has 2 aliphatic carbocycles. The minimum Gasteiger partial charge on any atom is -0.479 e. The van der Waals surface area contributed by atoms with Gasteiger partial charge in [-0.2, -0.15) is 0 Å². The maximum Gasteiger partial charge on any atom is 0.407 e. The number of carbonyl (C=O) groups excluding carboxylic acids is 16.